The zero-order valence-corrected chi connectivity index (χ0v) is 29.9. The highest BCUT2D eigenvalue weighted by atomic mass is 16.3. The molecule has 0 aliphatic heterocycles. The molecule has 0 N–H and O–H groups in total. The lowest BCUT2D eigenvalue weighted by Gasteiger charge is -2.28. The van der Waals surface area contributed by atoms with Crippen molar-refractivity contribution in [2.75, 3.05) is 4.90 Å². The summed E-state index contributed by atoms with van der Waals surface area (Å²) in [5.41, 5.74) is 4.04. The number of rotatable bonds is 6. The van der Waals surface area contributed by atoms with Gasteiger partial charge >= 0.3 is 0 Å². The van der Waals surface area contributed by atoms with Crippen molar-refractivity contribution < 1.29 is 15.4 Å². The zero-order valence-electron chi connectivity index (χ0n) is 37.9. The maximum atomic E-state index is 9.71. The molecule has 0 aliphatic carbocycles. The van der Waals surface area contributed by atoms with Crippen molar-refractivity contribution in [1.82, 2.24) is 0 Å². The summed E-state index contributed by atoms with van der Waals surface area (Å²) in [6.45, 7) is 0. The van der Waals surface area contributed by atoms with Gasteiger partial charge in [0.25, 0.3) is 0 Å². The second-order valence-electron chi connectivity index (χ2n) is 13.9. The van der Waals surface area contributed by atoms with Gasteiger partial charge in [-0.3, -0.25) is 0 Å². The fourth-order valence-corrected chi connectivity index (χ4v) is 7.85. The Bertz CT molecular complexity index is 3680. The molecule has 2 heteroatoms. The van der Waals surface area contributed by atoms with Crippen LogP contribution in [0.1, 0.15) is 11.0 Å². The molecule has 10 aromatic carbocycles. The summed E-state index contributed by atoms with van der Waals surface area (Å²) < 4.78 is 83.1. The molecule has 11 rings (SSSR count). The topological polar surface area (TPSA) is 16.4 Å². The number of furan rings is 1. The van der Waals surface area contributed by atoms with Crippen LogP contribution in [0, 0.1) is 0 Å². The molecule has 0 bridgehead atoms. The quantitative estimate of drug-likeness (QED) is 0.170. The minimum atomic E-state index is -0.403. The average Bonchev–Trinajstić information content (AvgIpc) is 3.71. The first-order valence-electron chi connectivity index (χ1n) is 22.5. The second-order valence-corrected chi connectivity index (χ2v) is 13.9. The zero-order chi connectivity index (χ0) is 44.0. The van der Waals surface area contributed by atoms with Gasteiger partial charge in [0.05, 0.1) is 16.7 Å². The van der Waals surface area contributed by atoms with Gasteiger partial charge in [-0.15, -0.1) is 0 Å². The fraction of sp³-hybridized carbons (Fsp3) is 0. The molecule has 0 fully saturated rings. The highest BCUT2D eigenvalue weighted by Gasteiger charge is 2.19. The van der Waals surface area contributed by atoms with E-state index in [0.29, 0.717) is 22.4 Å². The van der Waals surface area contributed by atoms with E-state index in [0.717, 1.165) is 59.8 Å². The van der Waals surface area contributed by atoms with E-state index in [4.69, 9.17) is 4.42 Å². The van der Waals surface area contributed by atoms with E-state index >= 15 is 0 Å². The number of nitrogens with zero attached hydrogens (tertiary/aromatic N) is 1. The summed E-state index contributed by atoms with van der Waals surface area (Å²) in [5.74, 6) is 0. The summed E-state index contributed by atoms with van der Waals surface area (Å²) >= 11 is 0. The fourth-order valence-electron chi connectivity index (χ4n) is 7.85. The lowest BCUT2D eigenvalue weighted by molar-refractivity contribution is 0.672. The van der Waals surface area contributed by atoms with E-state index in [-0.39, 0.29) is 46.7 Å². The molecule has 0 spiro atoms. The smallest absolute Gasteiger partial charge is 0.143 e. The lowest BCUT2D eigenvalue weighted by Crippen LogP contribution is -2.11. The van der Waals surface area contributed by atoms with Gasteiger partial charge in [0.1, 0.15) is 11.2 Å². The van der Waals surface area contributed by atoms with Crippen molar-refractivity contribution in [2.24, 2.45) is 0 Å². The third-order valence-corrected chi connectivity index (χ3v) is 10.6. The monoisotopic (exact) mass is 721 g/mol. The molecular formula is C54H35NO. The van der Waals surface area contributed by atoms with E-state index in [1.807, 2.05) is 140 Å². The van der Waals surface area contributed by atoms with E-state index < -0.39 is 24.2 Å². The van der Waals surface area contributed by atoms with Crippen LogP contribution in [0.3, 0.4) is 0 Å². The van der Waals surface area contributed by atoms with Crippen LogP contribution in [0.4, 0.5) is 17.1 Å². The Kier molecular flexibility index (Phi) is 5.83. The van der Waals surface area contributed by atoms with E-state index in [1.165, 1.54) is 4.90 Å². The number of benzene rings is 10. The van der Waals surface area contributed by atoms with Gasteiger partial charge in [-0.2, -0.15) is 0 Å². The van der Waals surface area contributed by atoms with E-state index in [2.05, 4.69) is 0 Å². The molecule has 0 unspecified atom stereocenters. The van der Waals surface area contributed by atoms with Crippen molar-refractivity contribution in [2.45, 2.75) is 0 Å². The highest BCUT2D eigenvalue weighted by Crippen LogP contribution is 2.43. The molecule has 11 aromatic rings. The highest BCUT2D eigenvalue weighted by molar-refractivity contribution is 6.15. The molecule has 0 aliphatic rings. The Morgan fingerprint density at radius 1 is 0.357 bits per heavy atom. The summed E-state index contributed by atoms with van der Waals surface area (Å²) in [5, 5.41) is 7.28. The Hall–Kier alpha value is -7.42. The standard InChI is InChI=1S/C54H35NO/c1-2-12-40-34-41(21-20-36(40)10-1)37-22-28-44(29-23-37)55(45-30-24-39(25-31-45)47-17-9-13-38-11-3-4-14-46(38)47)52-18-7-5-15-48(52)42-26-32-49-43(35-42)27-33-51-50-16-6-8-19-53(50)56-54(49)51/h1-35H/i22D,23D,24D,25D,28D,29D,30D,31D. The molecular weight excluding hydrogens is 679 g/mol. The average molecular weight is 722 g/mol. The summed E-state index contributed by atoms with van der Waals surface area (Å²) in [6, 6.07) is 48.7. The molecule has 56 heavy (non-hydrogen) atoms. The number of para-hydroxylation sites is 2. The third kappa shape index (κ3) is 5.42. The lowest BCUT2D eigenvalue weighted by atomic mass is 9.96. The molecule has 1 aromatic heterocycles. The van der Waals surface area contributed by atoms with Crippen LogP contribution in [0.25, 0.3) is 87.6 Å². The number of fused-ring (bicyclic) bond motifs is 7. The predicted molar refractivity (Wildman–Crippen MR) is 237 cm³/mol. The predicted octanol–water partition coefficient (Wildman–Crippen LogP) is 15.5. The van der Waals surface area contributed by atoms with Crippen LogP contribution in [0.2, 0.25) is 0 Å². The van der Waals surface area contributed by atoms with Crippen LogP contribution in [-0.4, -0.2) is 0 Å². The largest absolute Gasteiger partial charge is 0.455 e. The Labute approximate surface area is 336 Å². The Morgan fingerprint density at radius 2 is 0.946 bits per heavy atom. The Balaban J connectivity index is 1.17. The van der Waals surface area contributed by atoms with Gasteiger partial charge in [0.15, 0.2) is 0 Å². The summed E-state index contributed by atoms with van der Waals surface area (Å²) in [7, 11) is 0. The number of hydrogen-bond donors (Lipinski definition) is 0. The van der Waals surface area contributed by atoms with Gasteiger partial charge in [-0.25, -0.2) is 0 Å². The second kappa shape index (κ2) is 13.2. The van der Waals surface area contributed by atoms with Gasteiger partial charge in [0.2, 0.25) is 0 Å². The maximum Gasteiger partial charge on any atom is 0.143 e. The van der Waals surface area contributed by atoms with Crippen LogP contribution in [-0.2, 0) is 0 Å². The third-order valence-electron chi connectivity index (χ3n) is 10.6. The molecule has 0 atom stereocenters. The first-order valence-corrected chi connectivity index (χ1v) is 18.5. The number of anilines is 3. The van der Waals surface area contributed by atoms with Crippen molar-refractivity contribution in [3.8, 4) is 33.4 Å². The van der Waals surface area contributed by atoms with Crippen LogP contribution >= 0.6 is 0 Å². The number of hydrogen-bond acceptors (Lipinski definition) is 2. The van der Waals surface area contributed by atoms with E-state index in [9.17, 15) is 11.0 Å². The molecule has 0 radical (unpaired) electrons. The van der Waals surface area contributed by atoms with Crippen molar-refractivity contribution in [3.05, 3.63) is 212 Å². The SMILES string of the molecule is [2H]c1c([2H])c(N(c2ccccc2-c2ccc3c(ccc4c5ccccc5oc34)c2)c2c([2H])c([2H])c(-c3cccc4ccccc34)c([2H])c2[2H])c([2H])c([2H])c1-c1ccc2ccccc2c1. The molecule has 2 nitrogen and oxygen atoms in total. The van der Waals surface area contributed by atoms with Crippen molar-refractivity contribution >= 4 is 71.3 Å². The van der Waals surface area contributed by atoms with E-state index in [1.54, 1.807) is 24.3 Å². The maximum absolute atomic E-state index is 9.71. The van der Waals surface area contributed by atoms with Gasteiger partial charge < -0.3 is 9.32 Å². The first-order chi connectivity index (χ1) is 31.1. The summed E-state index contributed by atoms with van der Waals surface area (Å²) in [6.07, 6.45) is 0. The molecule has 1 heterocycles. The van der Waals surface area contributed by atoms with Crippen LogP contribution in [0.5, 0.6) is 0 Å². The first kappa shape index (κ1) is 24.8. The van der Waals surface area contributed by atoms with Crippen molar-refractivity contribution in [1.29, 1.82) is 0 Å². The minimum Gasteiger partial charge on any atom is -0.455 e. The molecule has 0 saturated carbocycles. The normalized spacial score (nSPS) is 13.6. The molecule has 262 valence electrons. The van der Waals surface area contributed by atoms with Gasteiger partial charge in [0, 0.05) is 33.1 Å². The van der Waals surface area contributed by atoms with Crippen molar-refractivity contribution in [3.63, 3.8) is 0 Å². The van der Waals surface area contributed by atoms with Gasteiger partial charge in [-0.1, -0.05) is 152 Å². The Morgan fingerprint density at radius 3 is 1.79 bits per heavy atom. The minimum absolute atomic E-state index is 0.107. The molecule has 0 saturated heterocycles. The van der Waals surface area contributed by atoms with Gasteiger partial charge in [-0.05, 0) is 115 Å². The van der Waals surface area contributed by atoms with Crippen LogP contribution < -0.4 is 4.90 Å². The molecule has 0 amide bonds. The van der Waals surface area contributed by atoms with Crippen LogP contribution in [0.15, 0.2) is 217 Å². The summed E-state index contributed by atoms with van der Waals surface area (Å²) in [4.78, 5) is 1.39.